The molecule has 0 saturated heterocycles. The monoisotopic (exact) mass is 402 g/mol. The van der Waals surface area contributed by atoms with E-state index in [9.17, 15) is 0 Å². The molecule has 6 rings (SSSR count). The number of rotatable bonds is 2. The molecule has 0 spiro atoms. The van der Waals surface area contributed by atoms with Gasteiger partial charge in [-0.15, -0.1) is 0 Å². The van der Waals surface area contributed by atoms with E-state index in [0.29, 0.717) is 0 Å². The van der Waals surface area contributed by atoms with E-state index in [0.717, 1.165) is 5.02 Å². The molecule has 5 aromatic carbocycles. The Morgan fingerprint density at radius 1 is 0.533 bits per heavy atom. The summed E-state index contributed by atoms with van der Waals surface area (Å²) in [5.74, 6) is 0. The van der Waals surface area contributed by atoms with Crippen molar-refractivity contribution < 1.29 is 0 Å². The Hall–Kier alpha value is -3.35. The maximum Gasteiger partial charge on any atom is 0.0720 e. The Bertz CT molecular complexity index is 1350. The van der Waals surface area contributed by atoms with E-state index in [1.165, 1.54) is 44.2 Å². The van der Waals surface area contributed by atoms with Crippen molar-refractivity contribution in [2.45, 2.75) is 5.41 Å². The summed E-state index contributed by atoms with van der Waals surface area (Å²) in [6.07, 6.45) is 0. The predicted molar refractivity (Wildman–Crippen MR) is 126 cm³/mol. The smallest absolute Gasteiger partial charge is 0.0720 e. The molecule has 0 fully saturated rings. The van der Waals surface area contributed by atoms with Crippen LogP contribution in [-0.4, -0.2) is 0 Å². The zero-order chi connectivity index (χ0) is 20.1. The van der Waals surface area contributed by atoms with Crippen LogP contribution in [0.25, 0.3) is 21.9 Å². The topological polar surface area (TPSA) is 0 Å². The molecule has 0 bridgehead atoms. The first kappa shape index (κ1) is 17.5. The van der Waals surface area contributed by atoms with Crippen LogP contribution in [0.2, 0.25) is 5.02 Å². The highest BCUT2D eigenvalue weighted by atomic mass is 35.5. The van der Waals surface area contributed by atoms with E-state index in [4.69, 9.17) is 11.6 Å². The van der Waals surface area contributed by atoms with Crippen LogP contribution in [0.15, 0.2) is 115 Å². The van der Waals surface area contributed by atoms with Crippen molar-refractivity contribution in [3.8, 4) is 11.1 Å². The molecule has 0 radical (unpaired) electrons. The van der Waals surface area contributed by atoms with Crippen molar-refractivity contribution >= 4 is 22.4 Å². The molecular weight excluding hydrogens is 384 g/mol. The number of fused-ring (bicyclic) bond motifs is 5. The Kier molecular flexibility index (Phi) is 3.84. The van der Waals surface area contributed by atoms with Gasteiger partial charge < -0.3 is 0 Å². The molecule has 30 heavy (non-hydrogen) atoms. The summed E-state index contributed by atoms with van der Waals surface area (Å²) in [5, 5.41) is 3.31. The molecule has 1 aliphatic rings. The highest BCUT2D eigenvalue weighted by molar-refractivity contribution is 6.30. The van der Waals surface area contributed by atoms with Crippen LogP contribution in [0.1, 0.15) is 22.3 Å². The first-order valence-corrected chi connectivity index (χ1v) is 10.6. The van der Waals surface area contributed by atoms with Crippen molar-refractivity contribution in [3.05, 3.63) is 143 Å². The third-order valence-corrected chi connectivity index (χ3v) is 6.63. The van der Waals surface area contributed by atoms with E-state index in [-0.39, 0.29) is 0 Å². The summed E-state index contributed by atoms with van der Waals surface area (Å²) in [6.45, 7) is 0. The standard InChI is InChI=1S/C29H19Cl/c30-23-16-18-25-26-17-15-20-9-7-8-14-24(20)28(26)29(27(25)19-23,21-10-3-1-4-11-21)22-12-5-2-6-13-22/h1-19H. The average Bonchev–Trinajstić information content (AvgIpc) is 3.11. The highest BCUT2D eigenvalue weighted by Gasteiger charge is 2.47. The number of halogens is 1. The third kappa shape index (κ3) is 2.29. The van der Waals surface area contributed by atoms with Crippen LogP contribution in [0.3, 0.4) is 0 Å². The zero-order valence-electron chi connectivity index (χ0n) is 16.3. The average molecular weight is 403 g/mol. The van der Waals surface area contributed by atoms with Gasteiger partial charge in [-0.3, -0.25) is 0 Å². The molecule has 0 saturated carbocycles. The first-order chi connectivity index (χ1) is 14.8. The number of hydrogen-bond acceptors (Lipinski definition) is 0. The Labute approximate surface area is 181 Å². The van der Waals surface area contributed by atoms with E-state index in [1.54, 1.807) is 0 Å². The lowest BCUT2D eigenvalue weighted by atomic mass is 9.67. The normalized spacial score (nSPS) is 13.8. The van der Waals surface area contributed by atoms with Gasteiger partial charge in [0.2, 0.25) is 0 Å². The summed E-state index contributed by atoms with van der Waals surface area (Å²) in [6, 6.07) is 41.2. The van der Waals surface area contributed by atoms with Crippen molar-refractivity contribution in [2.24, 2.45) is 0 Å². The van der Waals surface area contributed by atoms with E-state index in [1.807, 2.05) is 6.07 Å². The van der Waals surface area contributed by atoms with Gasteiger partial charge in [-0.2, -0.15) is 0 Å². The maximum absolute atomic E-state index is 6.59. The van der Waals surface area contributed by atoms with Gasteiger partial charge in [-0.25, -0.2) is 0 Å². The molecule has 0 atom stereocenters. The second kappa shape index (κ2) is 6.58. The molecule has 0 amide bonds. The van der Waals surface area contributed by atoms with Crippen LogP contribution < -0.4 is 0 Å². The molecule has 0 N–H and O–H groups in total. The van der Waals surface area contributed by atoms with Crippen molar-refractivity contribution in [2.75, 3.05) is 0 Å². The van der Waals surface area contributed by atoms with E-state index < -0.39 is 5.41 Å². The fourth-order valence-corrected chi connectivity index (χ4v) is 5.41. The summed E-state index contributed by atoms with van der Waals surface area (Å²) in [7, 11) is 0. The lowest BCUT2D eigenvalue weighted by molar-refractivity contribution is 0.775. The van der Waals surface area contributed by atoms with Gasteiger partial charge in [-0.1, -0.05) is 115 Å². The molecule has 0 aromatic heterocycles. The minimum atomic E-state index is -0.418. The number of benzene rings is 5. The molecule has 1 aliphatic carbocycles. The molecule has 0 heterocycles. The minimum absolute atomic E-state index is 0.418. The van der Waals surface area contributed by atoms with Crippen LogP contribution in [-0.2, 0) is 5.41 Å². The van der Waals surface area contributed by atoms with Gasteiger partial charge in [0, 0.05) is 5.02 Å². The Morgan fingerprint density at radius 3 is 1.83 bits per heavy atom. The summed E-state index contributed by atoms with van der Waals surface area (Å²) >= 11 is 6.59. The Balaban J connectivity index is 1.89. The zero-order valence-corrected chi connectivity index (χ0v) is 17.1. The van der Waals surface area contributed by atoms with Crippen LogP contribution in [0, 0.1) is 0 Å². The SMILES string of the molecule is Clc1ccc2c(c1)C(c1ccccc1)(c1ccccc1)c1c-2ccc2ccccc12. The van der Waals surface area contributed by atoms with Crippen molar-refractivity contribution in [1.82, 2.24) is 0 Å². The van der Waals surface area contributed by atoms with Crippen LogP contribution in [0.4, 0.5) is 0 Å². The molecular formula is C29H19Cl. The molecule has 5 aromatic rings. The van der Waals surface area contributed by atoms with E-state index >= 15 is 0 Å². The largest absolute Gasteiger partial charge is 0.0843 e. The van der Waals surface area contributed by atoms with Gasteiger partial charge in [0.1, 0.15) is 0 Å². The molecule has 142 valence electrons. The highest BCUT2D eigenvalue weighted by Crippen LogP contribution is 2.58. The number of hydrogen-bond donors (Lipinski definition) is 0. The lowest BCUT2D eigenvalue weighted by Crippen LogP contribution is -2.28. The van der Waals surface area contributed by atoms with E-state index in [2.05, 4.69) is 109 Å². The lowest BCUT2D eigenvalue weighted by Gasteiger charge is -2.34. The van der Waals surface area contributed by atoms with Crippen molar-refractivity contribution in [1.29, 1.82) is 0 Å². The Morgan fingerprint density at radius 2 is 1.13 bits per heavy atom. The van der Waals surface area contributed by atoms with Gasteiger partial charge in [-0.05, 0) is 56.3 Å². The first-order valence-electron chi connectivity index (χ1n) is 10.2. The van der Waals surface area contributed by atoms with Gasteiger partial charge in [0.15, 0.2) is 0 Å². The summed E-state index contributed by atoms with van der Waals surface area (Å²) in [5.41, 5.74) is 7.23. The maximum atomic E-state index is 6.59. The molecule has 0 nitrogen and oxygen atoms in total. The summed E-state index contributed by atoms with van der Waals surface area (Å²) in [4.78, 5) is 0. The minimum Gasteiger partial charge on any atom is -0.0843 e. The summed E-state index contributed by atoms with van der Waals surface area (Å²) < 4.78 is 0. The quantitative estimate of drug-likeness (QED) is 0.276. The van der Waals surface area contributed by atoms with Gasteiger partial charge in [0.25, 0.3) is 0 Å². The van der Waals surface area contributed by atoms with Crippen LogP contribution >= 0.6 is 11.6 Å². The molecule has 1 heteroatoms. The van der Waals surface area contributed by atoms with Gasteiger partial charge in [0.05, 0.1) is 5.41 Å². The predicted octanol–water partition coefficient (Wildman–Crippen LogP) is 7.86. The third-order valence-electron chi connectivity index (χ3n) is 6.39. The molecule has 0 aliphatic heterocycles. The van der Waals surface area contributed by atoms with Crippen molar-refractivity contribution in [3.63, 3.8) is 0 Å². The fraction of sp³-hybridized carbons (Fsp3) is 0.0345. The fourth-order valence-electron chi connectivity index (χ4n) is 5.24. The second-order valence-electron chi connectivity index (χ2n) is 7.88. The second-order valence-corrected chi connectivity index (χ2v) is 8.32. The van der Waals surface area contributed by atoms with Gasteiger partial charge >= 0.3 is 0 Å². The van der Waals surface area contributed by atoms with Crippen LogP contribution in [0.5, 0.6) is 0 Å². The molecule has 0 unspecified atom stereocenters.